The van der Waals surface area contributed by atoms with Gasteiger partial charge in [-0.25, -0.2) is 4.98 Å². The molecule has 4 aromatic rings. The van der Waals surface area contributed by atoms with Gasteiger partial charge in [0.05, 0.1) is 28.6 Å². The van der Waals surface area contributed by atoms with Crippen molar-refractivity contribution in [2.45, 2.75) is 45.9 Å². The Morgan fingerprint density at radius 2 is 1.92 bits per heavy atom. The third kappa shape index (κ3) is 5.31. The van der Waals surface area contributed by atoms with E-state index in [0.717, 1.165) is 0 Å². The van der Waals surface area contributed by atoms with Crippen molar-refractivity contribution in [2.24, 2.45) is 5.73 Å². The van der Waals surface area contributed by atoms with Crippen molar-refractivity contribution in [2.75, 3.05) is 13.7 Å². The molecule has 0 aliphatic rings. The minimum atomic E-state index is -0.722. The van der Waals surface area contributed by atoms with E-state index in [4.69, 9.17) is 15.2 Å². The lowest BCUT2D eigenvalue weighted by atomic mass is 10.1. The smallest absolute Gasteiger partial charge is 0.326 e. The van der Waals surface area contributed by atoms with Gasteiger partial charge in [0.1, 0.15) is 23.6 Å². The molecule has 0 spiro atoms. The maximum Gasteiger partial charge on any atom is 0.326 e. The molecule has 11 nitrogen and oxygen atoms in total. The molecule has 0 aliphatic heterocycles. The van der Waals surface area contributed by atoms with Gasteiger partial charge in [-0.1, -0.05) is 0 Å². The highest BCUT2D eigenvalue weighted by molar-refractivity contribution is 5.97. The second kappa shape index (κ2) is 10.0. The van der Waals surface area contributed by atoms with Crippen molar-refractivity contribution < 1.29 is 19.2 Å². The van der Waals surface area contributed by atoms with Crippen LogP contribution < -0.4 is 16.0 Å². The summed E-state index contributed by atoms with van der Waals surface area (Å²) in [7, 11) is 1.52. The number of nitro benzene ring substituents is 1. The van der Waals surface area contributed by atoms with Crippen LogP contribution in [0.2, 0.25) is 0 Å². The quantitative estimate of drug-likeness (QED) is 0.216. The van der Waals surface area contributed by atoms with Crippen LogP contribution in [0.4, 0.5) is 5.69 Å². The lowest BCUT2D eigenvalue weighted by Gasteiger charge is -2.20. The Balaban J connectivity index is 1.97. The molecule has 0 bridgehead atoms. The summed E-state index contributed by atoms with van der Waals surface area (Å²) in [6.07, 6.45) is 2.38. The van der Waals surface area contributed by atoms with Crippen LogP contribution in [0.25, 0.3) is 33.2 Å². The molecule has 11 heteroatoms. The average molecular weight is 508 g/mol. The molecular formula is C26H29N5O6. The van der Waals surface area contributed by atoms with Gasteiger partial charge in [-0.15, -0.1) is 0 Å². The van der Waals surface area contributed by atoms with Crippen LogP contribution >= 0.6 is 0 Å². The van der Waals surface area contributed by atoms with Crippen molar-refractivity contribution >= 4 is 33.6 Å². The van der Waals surface area contributed by atoms with Crippen LogP contribution in [-0.2, 0) is 22.6 Å². The fourth-order valence-electron chi connectivity index (χ4n) is 4.22. The van der Waals surface area contributed by atoms with Crippen LogP contribution in [0.5, 0.6) is 5.75 Å². The van der Waals surface area contributed by atoms with Gasteiger partial charge >= 0.3 is 5.97 Å². The molecule has 0 unspecified atom stereocenters. The van der Waals surface area contributed by atoms with E-state index in [-0.39, 0.29) is 17.9 Å². The van der Waals surface area contributed by atoms with Gasteiger partial charge in [0.25, 0.3) is 11.2 Å². The zero-order chi connectivity index (χ0) is 26.9. The van der Waals surface area contributed by atoms with E-state index in [1.165, 1.54) is 23.8 Å². The molecular weight excluding hydrogens is 478 g/mol. The first kappa shape index (κ1) is 25.8. The summed E-state index contributed by atoms with van der Waals surface area (Å²) in [5.74, 6) is -0.0284. The minimum Gasteiger partial charge on any atom is -0.497 e. The summed E-state index contributed by atoms with van der Waals surface area (Å²) in [4.78, 5) is 42.1. The number of ether oxygens (including phenoxy) is 2. The summed E-state index contributed by atoms with van der Waals surface area (Å²) < 4.78 is 14.0. The Bertz CT molecular complexity index is 1560. The van der Waals surface area contributed by atoms with Gasteiger partial charge in [-0.3, -0.25) is 24.3 Å². The number of nitro groups is 1. The SMILES string of the molecule is COc1ccc2c(c1)nc(-c1cn(CCCN)c3cc([N+](=O)[O-])ccc13)c(=O)n2CC(=O)OC(C)(C)C. The molecule has 0 saturated heterocycles. The van der Waals surface area contributed by atoms with Gasteiger partial charge in [0, 0.05) is 41.9 Å². The Labute approximate surface area is 212 Å². The minimum absolute atomic E-state index is 0.0651. The number of rotatable bonds is 8. The Morgan fingerprint density at radius 1 is 1.16 bits per heavy atom. The topological polar surface area (TPSA) is 145 Å². The number of esters is 1. The molecule has 37 heavy (non-hydrogen) atoms. The van der Waals surface area contributed by atoms with Crippen molar-refractivity contribution in [3.05, 3.63) is 63.1 Å². The summed E-state index contributed by atoms with van der Waals surface area (Å²) in [6.45, 7) is 5.88. The lowest BCUT2D eigenvalue weighted by Crippen LogP contribution is -2.31. The van der Waals surface area contributed by atoms with E-state index in [2.05, 4.69) is 4.98 Å². The molecule has 2 heterocycles. The first-order chi connectivity index (χ1) is 17.5. The van der Waals surface area contributed by atoms with Crippen molar-refractivity contribution in [3.8, 4) is 17.0 Å². The van der Waals surface area contributed by atoms with E-state index < -0.39 is 22.1 Å². The molecule has 0 fully saturated rings. The first-order valence-corrected chi connectivity index (χ1v) is 11.8. The molecule has 0 atom stereocenters. The zero-order valence-corrected chi connectivity index (χ0v) is 21.2. The van der Waals surface area contributed by atoms with Crippen molar-refractivity contribution in [1.82, 2.24) is 14.1 Å². The van der Waals surface area contributed by atoms with Crippen LogP contribution in [-0.4, -0.2) is 44.3 Å². The monoisotopic (exact) mass is 507 g/mol. The van der Waals surface area contributed by atoms with E-state index in [1.54, 1.807) is 51.2 Å². The van der Waals surface area contributed by atoms with Gasteiger partial charge in [-0.05, 0) is 51.9 Å². The Hall–Kier alpha value is -4.25. The largest absolute Gasteiger partial charge is 0.497 e. The second-order valence-corrected chi connectivity index (χ2v) is 9.63. The maximum absolute atomic E-state index is 13.8. The van der Waals surface area contributed by atoms with Crippen molar-refractivity contribution in [1.29, 1.82) is 0 Å². The fourth-order valence-corrected chi connectivity index (χ4v) is 4.22. The highest BCUT2D eigenvalue weighted by Gasteiger charge is 2.23. The van der Waals surface area contributed by atoms with Gasteiger partial charge < -0.3 is 19.8 Å². The number of aryl methyl sites for hydroxylation is 1. The Morgan fingerprint density at radius 3 is 2.57 bits per heavy atom. The lowest BCUT2D eigenvalue weighted by molar-refractivity contribution is -0.384. The summed E-state index contributed by atoms with van der Waals surface area (Å²) >= 11 is 0. The number of hydrogen-bond acceptors (Lipinski definition) is 8. The van der Waals surface area contributed by atoms with Crippen LogP contribution in [0, 0.1) is 10.1 Å². The molecule has 4 rings (SSSR count). The molecule has 2 N–H and O–H groups in total. The number of nitrogens with two attached hydrogens (primary N) is 1. The molecule has 0 amide bonds. The number of benzene rings is 2. The van der Waals surface area contributed by atoms with Crippen LogP contribution in [0.15, 0.2) is 47.4 Å². The molecule has 2 aromatic heterocycles. The number of aromatic nitrogens is 3. The van der Waals surface area contributed by atoms with Gasteiger partial charge in [0.2, 0.25) is 0 Å². The Kier molecular flexibility index (Phi) is 6.99. The average Bonchev–Trinajstić information content (AvgIpc) is 3.20. The fraction of sp³-hybridized carbons (Fsp3) is 0.346. The number of carbonyl (C=O) groups excluding carboxylic acids is 1. The molecule has 0 aliphatic carbocycles. The number of nitrogens with zero attached hydrogens (tertiary/aromatic N) is 4. The first-order valence-electron chi connectivity index (χ1n) is 11.8. The third-order valence-corrected chi connectivity index (χ3v) is 5.80. The highest BCUT2D eigenvalue weighted by atomic mass is 16.6. The van der Waals surface area contributed by atoms with Crippen LogP contribution in [0.1, 0.15) is 27.2 Å². The maximum atomic E-state index is 13.8. The van der Waals surface area contributed by atoms with Crippen molar-refractivity contribution in [3.63, 3.8) is 0 Å². The van der Waals surface area contributed by atoms with E-state index >= 15 is 0 Å². The van der Waals surface area contributed by atoms with Crippen LogP contribution in [0.3, 0.4) is 0 Å². The number of methoxy groups -OCH3 is 1. The normalized spacial score (nSPS) is 11.7. The summed E-state index contributed by atoms with van der Waals surface area (Å²) in [5.41, 5.74) is 6.51. The van der Waals surface area contributed by atoms with E-state index in [9.17, 15) is 19.7 Å². The standard InChI is InChI=1S/C26H29N5O6/c1-26(2,3)37-23(32)15-30-21-9-7-17(36-4)13-20(21)28-24(25(30)33)19-14-29(11-5-10-27)22-12-16(31(34)35)6-8-18(19)22/h6-9,12-14H,5,10-11,15,27H2,1-4H3. The van der Waals surface area contributed by atoms with E-state index in [0.29, 0.717) is 52.8 Å². The number of hydrogen-bond donors (Lipinski definition) is 1. The van der Waals surface area contributed by atoms with Gasteiger partial charge in [0.15, 0.2) is 0 Å². The van der Waals surface area contributed by atoms with Gasteiger partial charge in [-0.2, -0.15) is 0 Å². The predicted molar refractivity (Wildman–Crippen MR) is 140 cm³/mol. The third-order valence-electron chi connectivity index (χ3n) is 5.80. The zero-order valence-electron chi connectivity index (χ0n) is 21.2. The molecule has 0 radical (unpaired) electrons. The highest BCUT2D eigenvalue weighted by Crippen LogP contribution is 2.32. The molecule has 194 valence electrons. The predicted octanol–water partition coefficient (Wildman–Crippen LogP) is 3.63. The van der Waals surface area contributed by atoms with E-state index in [1.807, 2.05) is 4.57 Å². The number of non-ortho nitro benzene ring substituents is 1. The second-order valence-electron chi connectivity index (χ2n) is 9.63. The summed E-state index contributed by atoms with van der Waals surface area (Å²) in [5, 5.41) is 12.0. The number of fused-ring (bicyclic) bond motifs is 2. The number of carbonyl (C=O) groups is 1. The molecule has 0 saturated carbocycles. The molecule has 2 aromatic carbocycles. The summed E-state index contributed by atoms with van der Waals surface area (Å²) in [6, 6.07) is 9.51.